The minimum atomic E-state index is -0.117. The van der Waals surface area contributed by atoms with Gasteiger partial charge in [-0.15, -0.1) is 0 Å². The molecule has 0 atom stereocenters. The molecule has 1 heterocycles. The minimum Gasteiger partial charge on any atom is -0.491 e. The van der Waals surface area contributed by atoms with Gasteiger partial charge >= 0.3 is 0 Å². The molecular weight excluding hydrogens is 302 g/mol. The fourth-order valence-corrected chi connectivity index (χ4v) is 2.28. The van der Waals surface area contributed by atoms with Gasteiger partial charge in [0.1, 0.15) is 0 Å². The zero-order valence-electron chi connectivity index (χ0n) is 8.06. The summed E-state index contributed by atoms with van der Waals surface area (Å²) in [5.74, 6) is 0.650. The maximum Gasteiger partial charge on any atom is 0.189 e. The Balaban J connectivity index is 3.26. The predicted molar refractivity (Wildman–Crippen MR) is 61.5 cm³/mol. The second-order valence-corrected chi connectivity index (χ2v) is 5.08. The van der Waals surface area contributed by atoms with E-state index < -0.39 is 0 Å². The van der Waals surface area contributed by atoms with Gasteiger partial charge in [0.2, 0.25) is 0 Å². The SMILES string of the molecule is COc1c(I)nn(C(C)(C)C)c1Cl. The smallest absolute Gasteiger partial charge is 0.189 e. The Morgan fingerprint density at radius 1 is 1.46 bits per heavy atom. The van der Waals surface area contributed by atoms with Crippen LogP contribution in [0, 0.1) is 3.70 Å². The molecule has 13 heavy (non-hydrogen) atoms. The molecule has 0 N–H and O–H groups in total. The molecule has 0 bridgehead atoms. The first-order valence-corrected chi connectivity index (χ1v) is 5.32. The van der Waals surface area contributed by atoms with Crippen molar-refractivity contribution in [2.75, 3.05) is 7.11 Å². The van der Waals surface area contributed by atoms with Gasteiger partial charge in [-0.25, -0.2) is 4.68 Å². The molecular formula is C8H12ClIN2O. The number of rotatable bonds is 1. The van der Waals surface area contributed by atoms with Crippen LogP contribution in [-0.2, 0) is 5.54 Å². The van der Waals surface area contributed by atoms with Crippen molar-refractivity contribution < 1.29 is 4.74 Å². The van der Waals surface area contributed by atoms with Crippen LogP contribution in [0.5, 0.6) is 5.75 Å². The van der Waals surface area contributed by atoms with E-state index in [1.165, 1.54) is 0 Å². The highest BCUT2D eigenvalue weighted by Crippen LogP contribution is 2.33. The normalized spacial score (nSPS) is 11.8. The van der Waals surface area contributed by atoms with Crippen molar-refractivity contribution in [2.45, 2.75) is 26.3 Å². The lowest BCUT2D eigenvalue weighted by molar-refractivity contribution is 0.351. The van der Waals surface area contributed by atoms with E-state index in [-0.39, 0.29) is 5.54 Å². The van der Waals surface area contributed by atoms with Gasteiger partial charge in [0.05, 0.1) is 12.6 Å². The van der Waals surface area contributed by atoms with Gasteiger partial charge in [0, 0.05) is 0 Å². The minimum absolute atomic E-state index is 0.117. The molecule has 0 aromatic carbocycles. The number of nitrogens with zero attached hydrogens (tertiary/aromatic N) is 2. The fourth-order valence-electron chi connectivity index (χ4n) is 0.971. The third kappa shape index (κ3) is 2.10. The molecule has 0 radical (unpaired) electrons. The van der Waals surface area contributed by atoms with Crippen LogP contribution in [-0.4, -0.2) is 16.9 Å². The summed E-state index contributed by atoms with van der Waals surface area (Å²) in [6.07, 6.45) is 0. The Bertz CT molecular complexity index is 317. The van der Waals surface area contributed by atoms with Crippen LogP contribution in [0.4, 0.5) is 0 Å². The van der Waals surface area contributed by atoms with Gasteiger partial charge in [-0.1, -0.05) is 11.6 Å². The topological polar surface area (TPSA) is 27.1 Å². The largest absolute Gasteiger partial charge is 0.491 e. The van der Waals surface area contributed by atoms with Crippen molar-refractivity contribution in [2.24, 2.45) is 0 Å². The summed E-state index contributed by atoms with van der Waals surface area (Å²) in [6.45, 7) is 6.13. The van der Waals surface area contributed by atoms with Crippen molar-refractivity contribution in [3.8, 4) is 5.75 Å². The Hall–Kier alpha value is 0.0300. The molecule has 74 valence electrons. The monoisotopic (exact) mass is 314 g/mol. The third-order valence-corrected chi connectivity index (χ3v) is 2.63. The van der Waals surface area contributed by atoms with Crippen LogP contribution >= 0.6 is 34.2 Å². The molecule has 0 spiro atoms. The van der Waals surface area contributed by atoms with Gasteiger partial charge in [0.25, 0.3) is 0 Å². The molecule has 0 saturated carbocycles. The highest BCUT2D eigenvalue weighted by atomic mass is 127. The molecule has 0 fully saturated rings. The van der Waals surface area contributed by atoms with Gasteiger partial charge in [-0.05, 0) is 43.4 Å². The molecule has 0 amide bonds. The standard InChI is InChI=1S/C8H12ClIN2O/c1-8(2,3)12-6(9)5(13-4)7(10)11-12/h1-4H3. The van der Waals surface area contributed by atoms with Gasteiger partial charge in [-0.2, -0.15) is 5.10 Å². The predicted octanol–water partition coefficient (Wildman–Crippen LogP) is 2.90. The number of hydrogen-bond donors (Lipinski definition) is 0. The van der Waals surface area contributed by atoms with Gasteiger partial charge < -0.3 is 4.74 Å². The van der Waals surface area contributed by atoms with E-state index in [1.807, 2.05) is 20.8 Å². The summed E-state index contributed by atoms with van der Waals surface area (Å²) in [5.41, 5.74) is -0.117. The van der Waals surface area contributed by atoms with Gasteiger partial charge in [0.15, 0.2) is 14.6 Å². The highest BCUT2D eigenvalue weighted by Gasteiger charge is 2.23. The Kier molecular flexibility index (Phi) is 3.12. The van der Waals surface area contributed by atoms with Crippen LogP contribution in [0.3, 0.4) is 0 Å². The van der Waals surface area contributed by atoms with Crippen LogP contribution in [0.2, 0.25) is 5.15 Å². The zero-order valence-corrected chi connectivity index (χ0v) is 11.0. The van der Waals surface area contributed by atoms with Crippen molar-refractivity contribution in [3.63, 3.8) is 0 Å². The number of hydrogen-bond acceptors (Lipinski definition) is 2. The van der Waals surface area contributed by atoms with Crippen LogP contribution < -0.4 is 4.74 Å². The summed E-state index contributed by atoms with van der Waals surface area (Å²) in [7, 11) is 1.60. The molecule has 1 rings (SSSR count). The maximum absolute atomic E-state index is 6.09. The second-order valence-electron chi connectivity index (χ2n) is 3.70. The molecule has 0 aliphatic rings. The van der Waals surface area contributed by atoms with E-state index in [4.69, 9.17) is 16.3 Å². The first kappa shape index (κ1) is 11.1. The van der Waals surface area contributed by atoms with Crippen molar-refractivity contribution in [3.05, 3.63) is 8.85 Å². The molecule has 0 unspecified atom stereocenters. The first-order chi connectivity index (χ1) is 5.88. The van der Waals surface area contributed by atoms with E-state index in [2.05, 4.69) is 27.7 Å². The summed E-state index contributed by atoms with van der Waals surface area (Å²) in [6, 6.07) is 0. The lowest BCUT2D eigenvalue weighted by Gasteiger charge is -2.19. The van der Waals surface area contributed by atoms with Crippen LogP contribution in [0.25, 0.3) is 0 Å². The first-order valence-electron chi connectivity index (χ1n) is 3.86. The maximum atomic E-state index is 6.09. The fraction of sp³-hybridized carbons (Fsp3) is 0.625. The molecule has 1 aromatic heterocycles. The third-order valence-electron chi connectivity index (χ3n) is 1.59. The number of halogens is 2. The van der Waals surface area contributed by atoms with Crippen molar-refractivity contribution >= 4 is 34.2 Å². The molecule has 0 saturated heterocycles. The van der Waals surface area contributed by atoms with Crippen LogP contribution in [0.1, 0.15) is 20.8 Å². The van der Waals surface area contributed by atoms with Crippen LogP contribution in [0.15, 0.2) is 0 Å². The highest BCUT2D eigenvalue weighted by molar-refractivity contribution is 14.1. The molecule has 1 aromatic rings. The van der Waals surface area contributed by atoms with E-state index in [0.29, 0.717) is 10.9 Å². The van der Waals surface area contributed by atoms with E-state index in [9.17, 15) is 0 Å². The molecule has 3 nitrogen and oxygen atoms in total. The summed E-state index contributed by atoms with van der Waals surface area (Å²) in [5, 5.41) is 4.85. The van der Waals surface area contributed by atoms with Gasteiger partial charge in [-0.3, -0.25) is 0 Å². The quantitative estimate of drug-likeness (QED) is 0.745. The Morgan fingerprint density at radius 3 is 2.23 bits per heavy atom. The van der Waals surface area contributed by atoms with E-state index in [1.54, 1.807) is 11.8 Å². The number of aromatic nitrogens is 2. The number of methoxy groups -OCH3 is 1. The molecule has 0 aliphatic carbocycles. The number of ether oxygens (including phenoxy) is 1. The Labute approximate surface area is 96.5 Å². The summed E-state index contributed by atoms with van der Waals surface area (Å²) >= 11 is 8.19. The summed E-state index contributed by atoms with van der Waals surface area (Å²) in [4.78, 5) is 0. The molecule has 0 aliphatic heterocycles. The van der Waals surface area contributed by atoms with E-state index >= 15 is 0 Å². The Morgan fingerprint density at radius 2 is 2.00 bits per heavy atom. The second kappa shape index (κ2) is 3.65. The average Bonchev–Trinajstić information content (AvgIpc) is 2.25. The zero-order chi connectivity index (χ0) is 10.2. The van der Waals surface area contributed by atoms with Crippen molar-refractivity contribution in [1.82, 2.24) is 9.78 Å². The molecule has 5 heteroatoms. The van der Waals surface area contributed by atoms with Crippen molar-refractivity contribution in [1.29, 1.82) is 0 Å². The lowest BCUT2D eigenvalue weighted by atomic mass is 10.1. The lowest BCUT2D eigenvalue weighted by Crippen LogP contribution is -2.23. The average molecular weight is 315 g/mol. The summed E-state index contributed by atoms with van der Waals surface area (Å²) < 4.78 is 7.68. The van der Waals surface area contributed by atoms with E-state index in [0.717, 1.165) is 3.70 Å².